The molecule has 0 unspecified atom stereocenters. The summed E-state index contributed by atoms with van der Waals surface area (Å²) in [5.74, 6) is 1.06. The van der Waals surface area contributed by atoms with E-state index in [1.54, 1.807) is 26.5 Å². The number of carbonyl (C=O) groups excluding carboxylic acids is 1. The maximum absolute atomic E-state index is 12.2. The van der Waals surface area contributed by atoms with E-state index in [9.17, 15) is 4.79 Å². The van der Waals surface area contributed by atoms with E-state index in [0.717, 1.165) is 11.3 Å². The number of aromatic nitrogens is 1. The molecule has 0 aliphatic rings. The Bertz CT molecular complexity index is 722. The lowest BCUT2D eigenvalue weighted by Crippen LogP contribution is -2.26. The Morgan fingerprint density at radius 1 is 1.08 bits per heavy atom. The van der Waals surface area contributed by atoms with E-state index in [1.807, 2.05) is 24.3 Å². The van der Waals surface area contributed by atoms with E-state index in [0.29, 0.717) is 23.7 Å². The highest BCUT2D eigenvalue weighted by molar-refractivity contribution is 5.92. The van der Waals surface area contributed by atoms with Gasteiger partial charge in [0.1, 0.15) is 5.69 Å². The summed E-state index contributed by atoms with van der Waals surface area (Å²) in [7, 11) is 3.17. The number of carbonyl (C=O) groups is 1. The molecule has 0 bridgehead atoms. The van der Waals surface area contributed by atoms with E-state index in [4.69, 9.17) is 9.47 Å². The zero-order chi connectivity index (χ0) is 18.4. The van der Waals surface area contributed by atoms with Gasteiger partial charge in [-0.1, -0.05) is 6.07 Å². The van der Waals surface area contributed by atoms with Gasteiger partial charge in [0.15, 0.2) is 11.5 Å². The number of nitrogens with one attached hydrogen (secondary N) is 2. The zero-order valence-electron chi connectivity index (χ0n) is 15.3. The molecule has 2 rings (SSSR count). The Balaban J connectivity index is 1.98. The molecule has 25 heavy (non-hydrogen) atoms. The number of nitrogens with zero attached hydrogens (tertiary/aromatic N) is 1. The SMILES string of the molecule is COc1ccc(CNC(=O)c2ccc(NC(C)(C)C)cn2)cc1OC. The largest absolute Gasteiger partial charge is 0.493 e. The molecule has 1 heterocycles. The summed E-state index contributed by atoms with van der Waals surface area (Å²) in [6, 6.07) is 9.08. The van der Waals surface area contributed by atoms with Crippen molar-refractivity contribution in [2.24, 2.45) is 0 Å². The van der Waals surface area contributed by atoms with Gasteiger partial charge in [0, 0.05) is 12.1 Å². The van der Waals surface area contributed by atoms with Crippen molar-refractivity contribution >= 4 is 11.6 Å². The highest BCUT2D eigenvalue weighted by atomic mass is 16.5. The fourth-order valence-corrected chi connectivity index (χ4v) is 2.30. The molecule has 6 heteroatoms. The fourth-order valence-electron chi connectivity index (χ4n) is 2.30. The summed E-state index contributed by atoms with van der Waals surface area (Å²) in [5.41, 5.74) is 2.11. The minimum atomic E-state index is -0.225. The summed E-state index contributed by atoms with van der Waals surface area (Å²) in [6.07, 6.45) is 1.66. The first kappa shape index (κ1) is 18.6. The van der Waals surface area contributed by atoms with E-state index < -0.39 is 0 Å². The Morgan fingerprint density at radius 2 is 1.80 bits per heavy atom. The highest BCUT2D eigenvalue weighted by Crippen LogP contribution is 2.27. The van der Waals surface area contributed by atoms with Gasteiger partial charge in [-0.05, 0) is 50.6 Å². The number of rotatable bonds is 6. The summed E-state index contributed by atoms with van der Waals surface area (Å²) >= 11 is 0. The first-order valence-corrected chi connectivity index (χ1v) is 8.06. The van der Waals surface area contributed by atoms with Crippen LogP contribution in [-0.2, 0) is 6.54 Å². The second-order valence-corrected chi connectivity index (χ2v) is 6.68. The van der Waals surface area contributed by atoms with Crippen LogP contribution < -0.4 is 20.1 Å². The van der Waals surface area contributed by atoms with E-state index in [-0.39, 0.29) is 11.4 Å². The molecule has 1 amide bonds. The molecule has 0 aliphatic heterocycles. The number of ether oxygens (including phenoxy) is 2. The van der Waals surface area contributed by atoms with Crippen molar-refractivity contribution in [2.45, 2.75) is 32.9 Å². The van der Waals surface area contributed by atoms with Gasteiger partial charge in [0.05, 0.1) is 26.1 Å². The first-order chi connectivity index (χ1) is 11.8. The molecule has 0 fully saturated rings. The van der Waals surface area contributed by atoms with Crippen LogP contribution in [0.15, 0.2) is 36.5 Å². The molecule has 0 atom stereocenters. The van der Waals surface area contributed by atoms with Gasteiger partial charge in [-0.25, -0.2) is 4.98 Å². The van der Waals surface area contributed by atoms with Crippen LogP contribution in [0.3, 0.4) is 0 Å². The van der Waals surface area contributed by atoms with Gasteiger partial charge < -0.3 is 20.1 Å². The molecule has 1 aromatic carbocycles. The summed E-state index contributed by atoms with van der Waals surface area (Å²) in [4.78, 5) is 16.5. The van der Waals surface area contributed by atoms with E-state index in [1.165, 1.54) is 0 Å². The predicted molar refractivity (Wildman–Crippen MR) is 98.3 cm³/mol. The van der Waals surface area contributed by atoms with Gasteiger partial charge in [0.25, 0.3) is 5.91 Å². The fraction of sp³-hybridized carbons (Fsp3) is 0.368. The zero-order valence-corrected chi connectivity index (χ0v) is 15.3. The van der Waals surface area contributed by atoms with Crippen LogP contribution in [0.2, 0.25) is 0 Å². The monoisotopic (exact) mass is 343 g/mol. The number of anilines is 1. The van der Waals surface area contributed by atoms with Crippen molar-refractivity contribution < 1.29 is 14.3 Å². The topological polar surface area (TPSA) is 72.5 Å². The molecule has 134 valence electrons. The third-order valence-electron chi connectivity index (χ3n) is 3.42. The van der Waals surface area contributed by atoms with Gasteiger partial charge in [-0.2, -0.15) is 0 Å². The van der Waals surface area contributed by atoms with Crippen LogP contribution in [-0.4, -0.2) is 30.6 Å². The van der Waals surface area contributed by atoms with E-state index >= 15 is 0 Å². The molecule has 0 radical (unpaired) electrons. The van der Waals surface area contributed by atoms with Crippen molar-refractivity contribution in [3.05, 3.63) is 47.8 Å². The average molecular weight is 343 g/mol. The predicted octanol–water partition coefficient (Wildman–Crippen LogP) is 3.24. The van der Waals surface area contributed by atoms with Crippen LogP contribution in [0, 0.1) is 0 Å². The Morgan fingerprint density at radius 3 is 2.36 bits per heavy atom. The highest BCUT2D eigenvalue weighted by Gasteiger charge is 2.12. The van der Waals surface area contributed by atoms with Crippen molar-refractivity contribution in [3.8, 4) is 11.5 Å². The molecular weight excluding hydrogens is 318 g/mol. The molecule has 0 saturated carbocycles. The van der Waals surface area contributed by atoms with Crippen LogP contribution in [0.5, 0.6) is 11.5 Å². The van der Waals surface area contributed by atoms with Crippen molar-refractivity contribution in [1.29, 1.82) is 0 Å². The number of benzene rings is 1. The lowest BCUT2D eigenvalue weighted by Gasteiger charge is -2.21. The van der Waals surface area contributed by atoms with Gasteiger partial charge >= 0.3 is 0 Å². The molecule has 6 nitrogen and oxygen atoms in total. The lowest BCUT2D eigenvalue weighted by molar-refractivity contribution is 0.0946. The third-order valence-corrected chi connectivity index (χ3v) is 3.42. The average Bonchev–Trinajstić information content (AvgIpc) is 2.58. The van der Waals surface area contributed by atoms with Gasteiger partial charge in [-0.3, -0.25) is 4.79 Å². The molecule has 0 spiro atoms. The first-order valence-electron chi connectivity index (χ1n) is 8.06. The van der Waals surface area contributed by atoms with Gasteiger partial charge in [-0.15, -0.1) is 0 Å². The Hall–Kier alpha value is -2.76. The maximum Gasteiger partial charge on any atom is 0.270 e. The van der Waals surface area contributed by atoms with Crippen molar-refractivity contribution in [3.63, 3.8) is 0 Å². The quantitative estimate of drug-likeness (QED) is 0.842. The number of methoxy groups -OCH3 is 2. The second kappa shape index (κ2) is 7.88. The minimum Gasteiger partial charge on any atom is -0.493 e. The lowest BCUT2D eigenvalue weighted by atomic mass is 10.1. The molecule has 2 N–H and O–H groups in total. The van der Waals surface area contributed by atoms with Crippen LogP contribution in [0.25, 0.3) is 0 Å². The summed E-state index contributed by atoms with van der Waals surface area (Å²) in [6.45, 7) is 6.58. The number of pyridine rings is 1. The minimum absolute atomic E-state index is 0.0567. The van der Waals surface area contributed by atoms with Crippen molar-refractivity contribution in [2.75, 3.05) is 19.5 Å². The van der Waals surface area contributed by atoms with Crippen LogP contribution in [0.1, 0.15) is 36.8 Å². The van der Waals surface area contributed by atoms with E-state index in [2.05, 4.69) is 36.4 Å². The second-order valence-electron chi connectivity index (χ2n) is 6.68. The summed E-state index contributed by atoms with van der Waals surface area (Å²) < 4.78 is 10.5. The van der Waals surface area contributed by atoms with Crippen LogP contribution in [0.4, 0.5) is 5.69 Å². The van der Waals surface area contributed by atoms with Gasteiger partial charge in [0.2, 0.25) is 0 Å². The number of hydrogen-bond donors (Lipinski definition) is 2. The maximum atomic E-state index is 12.2. The molecule has 1 aromatic heterocycles. The molecule has 0 aliphatic carbocycles. The Kier molecular flexibility index (Phi) is 5.85. The smallest absolute Gasteiger partial charge is 0.270 e. The van der Waals surface area contributed by atoms with Crippen molar-refractivity contribution in [1.82, 2.24) is 10.3 Å². The third kappa shape index (κ3) is 5.38. The normalized spacial score (nSPS) is 10.9. The molecule has 0 saturated heterocycles. The number of amides is 1. The van der Waals surface area contributed by atoms with Crippen LogP contribution >= 0.6 is 0 Å². The molecular formula is C19H25N3O3. The molecule has 2 aromatic rings. The number of hydrogen-bond acceptors (Lipinski definition) is 5. The Labute approximate surface area is 148 Å². The summed E-state index contributed by atoms with van der Waals surface area (Å²) in [5, 5.41) is 6.16. The standard InChI is InChI=1S/C19H25N3O3/c1-19(2,3)22-14-7-8-15(20-12-14)18(23)21-11-13-6-9-16(24-4)17(10-13)25-5/h6-10,12,22H,11H2,1-5H3,(H,21,23).